The number of amidine groups is 1. The number of aliphatic hydroxyl groups excluding tert-OH is 1. The molecule has 2 saturated carbocycles. The lowest BCUT2D eigenvalue weighted by Crippen LogP contribution is -2.47. The molecule has 1 aromatic carbocycles. The molecule has 0 amide bonds. The Morgan fingerprint density at radius 2 is 2.05 bits per heavy atom. The monoisotopic (exact) mass is 513 g/mol. The van der Waals surface area contributed by atoms with Crippen LogP contribution in [0.2, 0.25) is 0 Å². The highest BCUT2D eigenvalue weighted by Gasteiger charge is 2.36. The van der Waals surface area contributed by atoms with Gasteiger partial charge in [-0.05, 0) is 49.3 Å². The van der Waals surface area contributed by atoms with Crippen LogP contribution in [0.25, 0.3) is 22.2 Å². The van der Waals surface area contributed by atoms with Crippen molar-refractivity contribution in [2.24, 2.45) is 5.92 Å². The fourth-order valence-electron chi connectivity index (χ4n) is 5.12. The lowest BCUT2D eigenvalue weighted by Gasteiger charge is -2.36. The summed E-state index contributed by atoms with van der Waals surface area (Å²) in [6, 6.07) is 8.31. The average Bonchev–Trinajstić information content (AvgIpc) is 3.28. The van der Waals surface area contributed by atoms with Crippen LogP contribution in [0.3, 0.4) is 0 Å². The van der Waals surface area contributed by atoms with Crippen LogP contribution in [0.5, 0.6) is 0 Å². The van der Waals surface area contributed by atoms with Gasteiger partial charge in [-0.25, -0.2) is 4.98 Å². The number of aromatic nitrogens is 3. The third-order valence-electron chi connectivity index (χ3n) is 7.70. The van der Waals surface area contributed by atoms with Gasteiger partial charge in [-0.15, -0.1) is 0 Å². The van der Waals surface area contributed by atoms with Crippen molar-refractivity contribution in [3.05, 3.63) is 47.3 Å². The van der Waals surface area contributed by atoms with Crippen LogP contribution >= 0.6 is 0 Å². The number of halogens is 3. The van der Waals surface area contributed by atoms with Gasteiger partial charge in [-0.1, -0.05) is 24.6 Å². The first kappa shape index (κ1) is 25.3. The van der Waals surface area contributed by atoms with Crippen molar-refractivity contribution in [2.45, 2.75) is 62.9 Å². The van der Waals surface area contributed by atoms with E-state index in [4.69, 9.17) is 10.8 Å². The number of aliphatic hydroxyl groups is 1. The summed E-state index contributed by atoms with van der Waals surface area (Å²) in [4.78, 5) is 5.36. The van der Waals surface area contributed by atoms with Gasteiger partial charge < -0.3 is 15.3 Å². The maximum atomic E-state index is 13.8. The topological polar surface area (TPSA) is 125 Å². The van der Waals surface area contributed by atoms with E-state index in [1.54, 1.807) is 13.1 Å². The number of hydrogen-bond donors (Lipinski definition) is 5. The Morgan fingerprint density at radius 3 is 2.65 bits per heavy atom. The third kappa shape index (κ3) is 4.85. The Kier molecular flexibility index (Phi) is 6.76. The van der Waals surface area contributed by atoms with Crippen molar-refractivity contribution in [3.8, 4) is 11.3 Å². The standard InChI is InChI=1S/C26H30F3N7O/c1-36(13-30)25(31)22(14-4-2-5-14)15-6-3-7-16(10-15)23-17-11-21(26(27,28)29)33-19(24(17)35-34-23)12-32-18-8-9-20(18)37/h3,6-7,10-11,13-14,18,20,22,30-32,37H,2,4-5,8-9,12H2,1H3,(H,34,35)/t18-,20+,22-/m1/s1. The fourth-order valence-corrected chi connectivity index (χ4v) is 5.12. The number of rotatable bonds is 8. The van der Waals surface area contributed by atoms with E-state index >= 15 is 0 Å². The van der Waals surface area contributed by atoms with Crippen molar-refractivity contribution >= 4 is 23.1 Å². The Balaban J connectivity index is 1.55. The van der Waals surface area contributed by atoms with Crippen molar-refractivity contribution in [1.29, 1.82) is 10.8 Å². The van der Waals surface area contributed by atoms with Crippen LogP contribution < -0.4 is 5.32 Å². The van der Waals surface area contributed by atoms with Gasteiger partial charge in [0.2, 0.25) is 0 Å². The number of benzene rings is 1. The van der Waals surface area contributed by atoms with E-state index in [1.165, 1.54) is 4.90 Å². The number of H-pyrrole nitrogens is 1. The van der Waals surface area contributed by atoms with Gasteiger partial charge in [0.15, 0.2) is 0 Å². The van der Waals surface area contributed by atoms with Crippen molar-refractivity contribution < 1.29 is 18.3 Å². The minimum atomic E-state index is -4.63. The molecule has 2 aliphatic carbocycles. The summed E-state index contributed by atoms with van der Waals surface area (Å²) < 4.78 is 41.3. The molecule has 2 heterocycles. The fraction of sp³-hybridized carbons (Fsp3) is 0.462. The first-order valence-electron chi connectivity index (χ1n) is 12.5. The van der Waals surface area contributed by atoms with E-state index in [-0.39, 0.29) is 30.1 Å². The molecule has 8 nitrogen and oxygen atoms in total. The number of alkyl halides is 3. The number of hydrogen-bond acceptors (Lipinski definition) is 6. The lowest BCUT2D eigenvalue weighted by atomic mass is 9.72. The molecule has 3 atom stereocenters. The molecule has 0 bridgehead atoms. The summed E-state index contributed by atoms with van der Waals surface area (Å²) in [5, 5.41) is 36.8. The maximum absolute atomic E-state index is 13.8. The Labute approximate surface area is 212 Å². The summed E-state index contributed by atoms with van der Waals surface area (Å²) in [5.41, 5.74) is 1.52. The molecule has 37 heavy (non-hydrogen) atoms. The molecule has 5 rings (SSSR count). The molecule has 0 saturated heterocycles. The normalized spacial score (nSPS) is 20.8. The number of nitrogens with one attached hydrogen (secondary N) is 4. The minimum absolute atomic E-state index is 0.0701. The van der Waals surface area contributed by atoms with Crippen LogP contribution in [0, 0.1) is 16.7 Å². The SMILES string of the molecule is CN(C=N)C(=N)[C@@H](c1cccc(-c2n[nH]c3c(CN[C@@H]4CC[C@@H]4O)nc(C(F)(F)F)cc23)c1)C1CCC1. The van der Waals surface area contributed by atoms with Gasteiger partial charge in [0.05, 0.1) is 23.7 Å². The molecule has 196 valence electrons. The number of fused-ring (bicyclic) bond motifs is 1. The van der Waals surface area contributed by atoms with Crippen LogP contribution in [-0.4, -0.2) is 56.6 Å². The molecule has 2 fully saturated rings. The summed E-state index contributed by atoms with van der Waals surface area (Å²) >= 11 is 0. The third-order valence-corrected chi connectivity index (χ3v) is 7.70. The smallest absolute Gasteiger partial charge is 0.392 e. The van der Waals surface area contributed by atoms with Gasteiger partial charge in [-0.2, -0.15) is 18.3 Å². The van der Waals surface area contributed by atoms with Crippen LogP contribution in [0.1, 0.15) is 55.0 Å². The maximum Gasteiger partial charge on any atom is 0.433 e. The number of likely N-dealkylation sites (N-methyl/N-ethyl adjacent to an activating group) is 1. The van der Waals surface area contributed by atoms with Crippen LogP contribution in [0.4, 0.5) is 13.2 Å². The van der Waals surface area contributed by atoms with Crippen molar-refractivity contribution in [1.82, 2.24) is 25.4 Å². The van der Waals surface area contributed by atoms with E-state index < -0.39 is 18.0 Å². The predicted molar refractivity (Wildman–Crippen MR) is 135 cm³/mol. The second-order valence-electron chi connectivity index (χ2n) is 10.00. The largest absolute Gasteiger partial charge is 0.433 e. The summed E-state index contributed by atoms with van der Waals surface area (Å²) in [5.74, 6) is 0.382. The second kappa shape index (κ2) is 9.86. The van der Waals surface area contributed by atoms with E-state index in [9.17, 15) is 18.3 Å². The zero-order valence-electron chi connectivity index (χ0n) is 20.4. The molecule has 2 aliphatic rings. The van der Waals surface area contributed by atoms with Gasteiger partial charge in [0.25, 0.3) is 0 Å². The first-order chi connectivity index (χ1) is 17.7. The molecule has 5 N–H and O–H groups in total. The van der Waals surface area contributed by atoms with Gasteiger partial charge in [0.1, 0.15) is 17.2 Å². The highest BCUT2D eigenvalue weighted by Crippen LogP contribution is 2.42. The van der Waals surface area contributed by atoms with Gasteiger partial charge in [-0.3, -0.25) is 15.9 Å². The Bertz CT molecular complexity index is 1320. The van der Waals surface area contributed by atoms with Gasteiger partial charge >= 0.3 is 6.18 Å². The average molecular weight is 514 g/mol. The zero-order chi connectivity index (χ0) is 26.3. The Hall–Kier alpha value is -3.31. The molecule has 0 aliphatic heterocycles. The summed E-state index contributed by atoms with van der Waals surface area (Å²) in [6.45, 7) is 0.0701. The molecular formula is C26H30F3N7O. The van der Waals surface area contributed by atoms with E-state index in [2.05, 4.69) is 20.5 Å². The molecule has 11 heteroatoms. The lowest BCUT2D eigenvalue weighted by molar-refractivity contribution is -0.141. The number of nitrogens with zero attached hydrogens (tertiary/aromatic N) is 3. The molecule has 0 radical (unpaired) electrons. The minimum Gasteiger partial charge on any atom is -0.392 e. The first-order valence-corrected chi connectivity index (χ1v) is 12.5. The quantitative estimate of drug-likeness (QED) is 0.221. The highest BCUT2D eigenvalue weighted by atomic mass is 19.4. The van der Waals surface area contributed by atoms with E-state index in [0.29, 0.717) is 34.4 Å². The van der Waals surface area contributed by atoms with E-state index in [1.807, 2.05) is 18.2 Å². The summed E-state index contributed by atoms with van der Waals surface area (Å²) in [6.07, 6.45) is 0.476. The number of pyridine rings is 1. The zero-order valence-corrected chi connectivity index (χ0v) is 20.4. The van der Waals surface area contributed by atoms with E-state index in [0.717, 1.165) is 43.7 Å². The second-order valence-corrected chi connectivity index (χ2v) is 10.00. The van der Waals surface area contributed by atoms with Crippen molar-refractivity contribution in [2.75, 3.05) is 7.05 Å². The molecule has 2 aromatic heterocycles. The highest BCUT2D eigenvalue weighted by molar-refractivity contribution is 5.96. The molecular weight excluding hydrogens is 483 g/mol. The van der Waals surface area contributed by atoms with Crippen LogP contribution in [0.15, 0.2) is 30.3 Å². The molecule has 0 unspecified atom stereocenters. The molecule has 0 spiro atoms. The molecule has 3 aromatic rings. The van der Waals surface area contributed by atoms with Gasteiger partial charge in [0, 0.05) is 36.5 Å². The van der Waals surface area contributed by atoms with Crippen molar-refractivity contribution in [3.63, 3.8) is 0 Å². The number of aromatic amines is 1. The van der Waals surface area contributed by atoms with Crippen LogP contribution in [-0.2, 0) is 12.7 Å². The predicted octanol–water partition coefficient (Wildman–Crippen LogP) is 4.66. The Morgan fingerprint density at radius 1 is 1.27 bits per heavy atom. The summed E-state index contributed by atoms with van der Waals surface area (Å²) in [7, 11) is 1.68.